The third-order valence-corrected chi connectivity index (χ3v) is 4.26. The van der Waals surface area contributed by atoms with Gasteiger partial charge in [0.05, 0.1) is 16.2 Å². The molecule has 0 aliphatic heterocycles. The quantitative estimate of drug-likeness (QED) is 0.638. The SMILES string of the molecule is Clc1ccc(Nc2nncc(NCc3ccccc3Cl)n2)cc1Cl. The first-order chi connectivity index (χ1) is 11.6. The van der Waals surface area contributed by atoms with Crippen LogP contribution in [0.5, 0.6) is 0 Å². The largest absolute Gasteiger partial charge is 0.364 e. The highest BCUT2D eigenvalue weighted by atomic mass is 35.5. The maximum atomic E-state index is 6.13. The number of anilines is 3. The van der Waals surface area contributed by atoms with Crippen LogP contribution >= 0.6 is 34.8 Å². The van der Waals surface area contributed by atoms with Crippen LogP contribution in [0.25, 0.3) is 0 Å². The molecule has 1 aromatic heterocycles. The summed E-state index contributed by atoms with van der Waals surface area (Å²) in [6, 6.07) is 12.8. The monoisotopic (exact) mass is 379 g/mol. The maximum Gasteiger partial charge on any atom is 0.249 e. The molecule has 0 saturated heterocycles. The lowest BCUT2D eigenvalue weighted by atomic mass is 10.2. The normalized spacial score (nSPS) is 10.5. The van der Waals surface area contributed by atoms with E-state index in [0.29, 0.717) is 33.4 Å². The zero-order valence-electron chi connectivity index (χ0n) is 12.3. The van der Waals surface area contributed by atoms with Crippen LogP contribution in [0.2, 0.25) is 15.1 Å². The molecule has 1 heterocycles. The van der Waals surface area contributed by atoms with E-state index in [4.69, 9.17) is 34.8 Å². The first-order valence-electron chi connectivity index (χ1n) is 7.01. The third kappa shape index (κ3) is 4.26. The minimum atomic E-state index is 0.345. The second kappa shape index (κ2) is 7.66. The van der Waals surface area contributed by atoms with Crippen LogP contribution in [0, 0.1) is 0 Å². The molecule has 0 saturated carbocycles. The van der Waals surface area contributed by atoms with Crippen LogP contribution < -0.4 is 10.6 Å². The van der Waals surface area contributed by atoms with Crippen molar-refractivity contribution >= 4 is 52.3 Å². The van der Waals surface area contributed by atoms with Gasteiger partial charge in [-0.1, -0.05) is 53.0 Å². The summed E-state index contributed by atoms with van der Waals surface area (Å²) in [5.41, 5.74) is 1.69. The number of halogens is 3. The molecule has 3 rings (SSSR count). The Bertz CT molecular complexity index is 857. The van der Waals surface area contributed by atoms with Crippen LogP contribution in [-0.4, -0.2) is 15.2 Å². The van der Waals surface area contributed by atoms with Crippen LogP contribution in [0.15, 0.2) is 48.7 Å². The summed E-state index contributed by atoms with van der Waals surface area (Å²) in [6.45, 7) is 0.532. The Labute approximate surface area is 154 Å². The van der Waals surface area contributed by atoms with Crippen molar-refractivity contribution in [3.63, 3.8) is 0 Å². The van der Waals surface area contributed by atoms with Crippen molar-refractivity contribution in [2.75, 3.05) is 10.6 Å². The average molecular weight is 381 g/mol. The minimum absolute atomic E-state index is 0.345. The van der Waals surface area contributed by atoms with Crippen molar-refractivity contribution in [3.8, 4) is 0 Å². The Morgan fingerprint density at radius 2 is 1.75 bits per heavy atom. The number of rotatable bonds is 5. The van der Waals surface area contributed by atoms with Crippen molar-refractivity contribution in [2.45, 2.75) is 6.54 Å². The van der Waals surface area contributed by atoms with Crippen LogP contribution in [-0.2, 0) is 6.54 Å². The molecule has 3 aromatic rings. The molecule has 0 spiro atoms. The van der Waals surface area contributed by atoms with Crippen molar-refractivity contribution in [3.05, 3.63) is 69.3 Å². The highest BCUT2D eigenvalue weighted by molar-refractivity contribution is 6.42. The first-order valence-corrected chi connectivity index (χ1v) is 8.14. The van der Waals surface area contributed by atoms with Crippen molar-refractivity contribution in [2.24, 2.45) is 0 Å². The highest BCUT2D eigenvalue weighted by Gasteiger charge is 2.05. The summed E-state index contributed by atoms with van der Waals surface area (Å²) in [5.74, 6) is 0.921. The van der Waals surface area contributed by atoms with Gasteiger partial charge in [-0.2, -0.15) is 10.1 Å². The molecule has 0 amide bonds. The molecule has 0 radical (unpaired) electrons. The molecular weight excluding hydrogens is 369 g/mol. The number of benzene rings is 2. The van der Waals surface area contributed by atoms with Crippen molar-refractivity contribution in [1.82, 2.24) is 15.2 Å². The second-order valence-corrected chi connectivity index (χ2v) is 6.09. The second-order valence-electron chi connectivity index (χ2n) is 4.86. The lowest BCUT2D eigenvalue weighted by molar-refractivity contribution is 0.966. The minimum Gasteiger partial charge on any atom is -0.364 e. The Hall–Kier alpha value is -2.08. The van der Waals surface area contributed by atoms with E-state index in [9.17, 15) is 0 Å². The highest BCUT2D eigenvalue weighted by Crippen LogP contribution is 2.26. The number of hydrogen-bond acceptors (Lipinski definition) is 5. The van der Waals surface area contributed by atoms with Gasteiger partial charge in [0.15, 0.2) is 5.82 Å². The number of nitrogens with one attached hydrogen (secondary N) is 2. The summed E-state index contributed by atoms with van der Waals surface area (Å²) in [6.07, 6.45) is 1.54. The van der Waals surface area contributed by atoms with E-state index in [1.165, 1.54) is 6.20 Å². The summed E-state index contributed by atoms with van der Waals surface area (Å²) in [7, 11) is 0. The molecule has 5 nitrogen and oxygen atoms in total. The molecule has 0 fully saturated rings. The van der Waals surface area contributed by atoms with Gasteiger partial charge in [-0.15, -0.1) is 5.10 Å². The van der Waals surface area contributed by atoms with Gasteiger partial charge in [-0.05, 0) is 29.8 Å². The van der Waals surface area contributed by atoms with Gasteiger partial charge in [-0.3, -0.25) is 0 Å². The Balaban J connectivity index is 1.69. The zero-order chi connectivity index (χ0) is 16.9. The molecule has 8 heteroatoms. The van der Waals surface area contributed by atoms with Gasteiger partial charge < -0.3 is 10.6 Å². The fourth-order valence-electron chi connectivity index (χ4n) is 1.97. The van der Waals surface area contributed by atoms with Crippen molar-refractivity contribution in [1.29, 1.82) is 0 Å². The fourth-order valence-corrected chi connectivity index (χ4v) is 2.47. The molecule has 0 atom stereocenters. The topological polar surface area (TPSA) is 62.7 Å². The summed E-state index contributed by atoms with van der Waals surface area (Å²) in [4.78, 5) is 4.35. The van der Waals surface area contributed by atoms with Crippen molar-refractivity contribution < 1.29 is 0 Å². The molecule has 0 aliphatic carbocycles. The Kier molecular flexibility index (Phi) is 5.35. The Morgan fingerprint density at radius 3 is 2.54 bits per heavy atom. The third-order valence-electron chi connectivity index (χ3n) is 3.15. The summed E-state index contributed by atoms with van der Waals surface area (Å²) < 4.78 is 0. The predicted octanol–water partition coefficient (Wildman–Crippen LogP) is 5.19. The molecule has 2 aromatic carbocycles. The summed E-state index contributed by atoms with van der Waals surface area (Å²) in [5, 5.41) is 15.7. The molecule has 122 valence electrons. The van der Waals surface area contributed by atoms with Gasteiger partial charge in [0, 0.05) is 17.3 Å². The van der Waals surface area contributed by atoms with E-state index < -0.39 is 0 Å². The van der Waals surface area contributed by atoms with E-state index >= 15 is 0 Å². The van der Waals surface area contributed by atoms with Gasteiger partial charge in [0.2, 0.25) is 5.95 Å². The average Bonchev–Trinajstić information content (AvgIpc) is 2.58. The zero-order valence-corrected chi connectivity index (χ0v) is 14.6. The molecular formula is C16H12Cl3N5. The van der Waals surface area contributed by atoms with Crippen LogP contribution in [0.1, 0.15) is 5.56 Å². The molecule has 0 bridgehead atoms. The van der Waals surface area contributed by atoms with Crippen LogP contribution in [0.3, 0.4) is 0 Å². The smallest absolute Gasteiger partial charge is 0.249 e. The van der Waals surface area contributed by atoms with Gasteiger partial charge in [-0.25, -0.2) is 0 Å². The lowest BCUT2D eigenvalue weighted by Gasteiger charge is -2.09. The maximum absolute atomic E-state index is 6.13. The fraction of sp³-hybridized carbons (Fsp3) is 0.0625. The molecule has 0 unspecified atom stereocenters. The lowest BCUT2D eigenvalue weighted by Crippen LogP contribution is -2.06. The first kappa shape index (κ1) is 16.8. The summed E-state index contributed by atoms with van der Waals surface area (Å²) >= 11 is 18.0. The van der Waals surface area contributed by atoms with E-state index in [1.54, 1.807) is 18.2 Å². The van der Waals surface area contributed by atoms with E-state index in [1.807, 2.05) is 24.3 Å². The number of aromatic nitrogens is 3. The predicted molar refractivity (Wildman–Crippen MR) is 98.4 cm³/mol. The van der Waals surface area contributed by atoms with Gasteiger partial charge in [0.1, 0.15) is 0 Å². The molecule has 24 heavy (non-hydrogen) atoms. The van der Waals surface area contributed by atoms with E-state index in [2.05, 4.69) is 25.8 Å². The molecule has 0 aliphatic rings. The van der Waals surface area contributed by atoms with Gasteiger partial charge in [0.25, 0.3) is 0 Å². The van der Waals surface area contributed by atoms with Gasteiger partial charge >= 0.3 is 0 Å². The number of nitrogens with zero attached hydrogens (tertiary/aromatic N) is 3. The van der Waals surface area contributed by atoms with E-state index in [0.717, 1.165) is 11.3 Å². The van der Waals surface area contributed by atoms with Crippen LogP contribution in [0.4, 0.5) is 17.5 Å². The van der Waals surface area contributed by atoms with E-state index in [-0.39, 0.29) is 0 Å². The molecule has 2 N–H and O–H groups in total. The standard InChI is InChI=1S/C16H12Cl3N5/c17-12-4-2-1-3-10(12)8-20-15-9-21-24-16(23-15)22-11-5-6-13(18)14(19)7-11/h1-7,9H,8H2,(H2,20,22,23,24). The number of hydrogen-bond donors (Lipinski definition) is 2. The Morgan fingerprint density at radius 1 is 0.917 bits per heavy atom.